The molecule has 1 N–H and O–H groups in total. The van der Waals surface area contributed by atoms with Crippen molar-refractivity contribution in [3.8, 4) is 11.4 Å². The molecule has 0 aliphatic carbocycles. The fourth-order valence-corrected chi connectivity index (χ4v) is 3.83. The SMILES string of the molecule is CCN(CC)CCCNC(=O)C1CCN(c2ccnc(-c3ccc(F)cc3)n2)CC1. The lowest BCUT2D eigenvalue weighted by Gasteiger charge is -2.32. The van der Waals surface area contributed by atoms with Crippen LogP contribution in [0.25, 0.3) is 11.4 Å². The van der Waals surface area contributed by atoms with Gasteiger partial charge in [-0.3, -0.25) is 4.79 Å². The Kier molecular flexibility index (Phi) is 8.13. The second-order valence-electron chi connectivity index (χ2n) is 7.68. The van der Waals surface area contributed by atoms with Crippen molar-refractivity contribution in [2.45, 2.75) is 33.1 Å². The number of carbonyl (C=O) groups excluding carboxylic acids is 1. The van der Waals surface area contributed by atoms with E-state index in [9.17, 15) is 9.18 Å². The lowest BCUT2D eigenvalue weighted by Crippen LogP contribution is -2.41. The Balaban J connectivity index is 1.48. The van der Waals surface area contributed by atoms with Crippen molar-refractivity contribution in [1.82, 2.24) is 20.2 Å². The Bertz CT molecular complexity index is 801. The highest BCUT2D eigenvalue weighted by Crippen LogP contribution is 2.24. The summed E-state index contributed by atoms with van der Waals surface area (Å²) in [6.07, 6.45) is 4.35. The Morgan fingerprint density at radius 3 is 2.53 bits per heavy atom. The van der Waals surface area contributed by atoms with Crippen molar-refractivity contribution < 1.29 is 9.18 Å². The molecule has 2 aromatic rings. The fourth-order valence-electron chi connectivity index (χ4n) is 3.83. The number of amides is 1. The van der Waals surface area contributed by atoms with Gasteiger partial charge in [0.1, 0.15) is 11.6 Å². The zero-order valence-corrected chi connectivity index (χ0v) is 18.0. The Labute approximate surface area is 178 Å². The Hall–Kier alpha value is -2.54. The van der Waals surface area contributed by atoms with E-state index in [1.807, 2.05) is 6.07 Å². The molecule has 7 heteroatoms. The maximum absolute atomic E-state index is 13.2. The number of piperidine rings is 1. The number of hydrogen-bond donors (Lipinski definition) is 1. The second kappa shape index (κ2) is 11.0. The first-order valence-electron chi connectivity index (χ1n) is 10.9. The predicted molar refractivity (Wildman–Crippen MR) is 118 cm³/mol. The van der Waals surface area contributed by atoms with Gasteiger partial charge < -0.3 is 15.1 Å². The van der Waals surface area contributed by atoms with E-state index in [2.05, 4.69) is 38.9 Å². The molecule has 0 saturated carbocycles. The van der Waals surface area contributed by atoms with Crippen molar-refractivity contribution in [2.75, 3.05) is 44.2 Å². The average molecular weight is 414 g/mol. The highest BCUT2D eigenvalue weighted by molar-refractivity contribution is 5.79. The van der Waals surface area contributed by atoms with Crippen LogP contribution in [0.3, 0.4) is 0 Å². The summed E-state index contributed by atoms with van der Waals surface area (Å²) in [7, 11) is 0. The maximum Gasteiger partial charge on any atom is 0.223 e. The number of aromatic nitrogens is 2. The molecule has 162 valence electrons. The number of nitrogens with zero attached hydrogens (tertiary/aromatic N) is 4. The molecule has 3 rings (SSSR count). The molecule has 1 fully saturated rings. The summed E-state index contributed by atoms with van der Waals surface area (Å²) >= 11 is 0. The number of benzene rings is 1. The second-order valence-corrected chi connectivity index (χ2v) is 7.68. The van der Waals surface area contributed by atoms with Crippen LogP contribution in [0.1, 0.15) is 33.1 Å². The van der Waals surface area contributed by atoms with E-state index in [1.54, 1.807) is 18.3 Å². The molecule has 0 radical (unpaired) electrons. The number of rotatable bonds is 9. The number of nitrogens with one attached hydrogen (secondary N) is 1. The van der Waals surface area contributed by atoms with Crippen LogP contribution in [0.4, 0.5) is 10.2 Å². The molecular formula is C23H32FN5O. The fraction of sp³-hybridized carbons (Fsp3) is 0.522. The molecule has 1 aromatic carbocycles. The quantitative estimate of drug-likeness (QED) is 0.639. The summed E-state index contributed by atoms with van der Waals surface area (Å²) < 4.78 is 13.2. The monoisotopic (exact) mass is 413 g/mol. The third-order valence-electron chi connectivity index (χ3n) is 5.78. The van der Waals surface area contributed by atoms with Gasteiger partial charge in [0.15, 0.2) is 5.82 Å². The number of anilines is 1. The molecule has 0 unspecified atom stereocenters. The van der Waals surface area contributed by atoms with E-state index in [-0.39, 0.29) is 17.6 Å². The first-order valence-corrected chi connectivity index (χ1v) is 10.9. The molecule has 0 atom stereocenters. The van der Waals surface area contributed by atoms with Gasteiger partial charge in [-0.15, -0.1) is 0 Å². The standard InChI is InChI=1S/C23H32FN5O/c1-3-28(4-2)15-5-13-26-23(30)19-11-16-29(17-12-19)21-10-14-25-22(27-21)18-6-8-20(24)9-7-18/h6-10,14,19H,3-5,11-13,15-17H2,1-2H3,(H,26,30). The van der Waals surface area contributed by atoms with Gasteiger partial charge in [-0.25, -0.2) is 14.4 Å². The van der Waals surface area contributed by atoms with E-state index in [1.165, 1.54) is 12.1 Å². The highest BCUT2D eigenvalue weighted by Gasteiger charge is 2.25. The summed E-state index contributed by atoms with van der Waals surface area (Å²) in [6, 6.07) is 8.09. The summed E-state index contributed by atoms with van der Waals surface area (Å²) in [5.41, 5.74) is 0.789. The minimum absolute atomic E-state index is 0.0631. The third kappa shape index (κ3) is 5.98. The van der Waals surface area contributed by atoms with Crippen molar-refractivity contribution in [1.29, 1.82) is 0 Å². The first kappa shape index (κ1) is 22.2. The van der Waals surface area contributed by atoms with Gasteiger partial charge in [0.05, 0.1) is 0 Å². The van der Waals surface area contributed by atoms with E-state index < -0.39 is 0 Å². The minimum Gasteiger partial charge on any atom is -0.356 e. The molecule has 6 nitrogen and oxygen atoms in total. The molecule has 1 aromatic heterocycles. The zero-order chi connectivity index (χ0) is 21.3. The predicted octanol–water partition coefficient (Wildman–Crippen LogP) is 3.35. The molecule has 2 heterocycles. The smallest absolute Gasteiger partial charge is 0.223 e. The summed E-state index contributed by atoms with van der Waals surface area (Å²) in [5, 5.41) is 3.11. The molecule has 1 aliphatic rings. The van der Waals surface area contributed by atoms with Gasteiger partial charge in [0.2, 0.25) is 5.91 Å². The van der Waals surface area contributed by atoms with Crippen LogP contribution in [0.5, 0.6) is 0 Å². The van der Waals surface area contributed by atoms with Gasteiger partial charge in [0.25, 0.3) is 0 Å². The van der Waals surface area contributed by atoms with Crippen LogP contribution >= 0.6 is 0 Å². The van der Waals surface area contributed by atoms with Crippen molar-refractivity contribution in [2.24, 2.45) is 5.92 Å². The lowest BCUT2D eigenvalue weighted by atomic mass is 9.96. The zero-order valence-electron chi connectivity index (χ0n) is 18.0. The van der Waals surface area contributed by atoms with Crippen LogP contribution in [0, 0.1) is 11.7 Å². The number of carbonyl (C=O) groups is 1. The van der Waals surface area contributed by atoms with Crippen molar-refractivity contribution in [3.63, 3.8) is 0 Å². The van der Waals surface area contributed by atoms with E-state index in [0.29, 0.717) is 5.82 Å². The average Bonchev–Trinajstić information content (AvgIpc) is 2.80. The van der Waals surface area contributed by atoms with Gasteiger partial charge in [-0.1, -0.05) is 13.8 Å². The molecule has 30 heavy (non-hydrogen) atoms. The largest absolute Gasteiger partial charge is 0.356 e. The molecule has 0 spiro atoms. The van der Waals surface area contributed by atoms with E-state index in [4.69, 9.17) is 0 Å². The normalized spacial score (nSPS) is 14.9. The molecule has 1 aliphatic heterocycles. The number of halogens is 1. The van der Waals surface area contributed by atoms with Crippen LogP contribution in [-0.2, 0) is 4.79 Å². The Morgan fingerprint density at radius 1 is 1.17 bits per heavy atom. The van der Waals surface area contributed by atoms with Crippen LogP contribution in [0.2, 0.25) is 0 Å². The third-order valence-corrected chi connectivity index (χ3v) is 5.78. The van der Waals surface area contributed by atoms with Crippen LogP contribution in [0.15, 0.2) is 36.5 Å². The first-order chi connectivity index (χ1) is 14.6. The van der Waals surface area contributed by atoms with Gasteiger partial charge in [-0.05, 0) is 69.2 Å². The lowest BCUT2D eigenvalue weighted by molar-refractivity contribution is -0.125. The molecule has 1 saturated heterocycles. The van der Waals surface area contributed by atoms with Gasteiger partial charge in [0, 0.05) is 37.3 Å². The van der Waals surface area contributed by atoms with Gasteiger partial charge in [-0.2, -0.15) is 0 Å². The summed E-state index contributed by atoms with van der Waals surface area (Å²) in [4.78, 5) is 26.0. The minimum atomic E-state index is -0.275. The van der Waals surface area contributed by atoms with Crippen LogP contribution in [-0.4, -0.2) is 60.0 Å². The highest BCUT2D eigenvalue weighted by atomic mass is 19.1. The van der Waals surface area contributed by atoms with Gasteiger partial charge >= 0.3 is 0 Å². The molecule has 1 amide bonds. The summed E-state index contributed by atoms with van der Waals surface area (Å²) in [5.74, 6) is 1.39. The van der Waals surface area contributed by atoms with Crippen molar-refractivity contribution in [3.05, 3.63) is 42.3 Å². The van der Waals surface area contributed by atoms with E-state index in [0.717, 1.165) is 69.9 Å². The maximum atomic E-state index is 13.2. The number of hydrogen-bond acceptors (Lipinski definition) is 5. The van der Waals surface area contributed by atoms with E-state index >= 15 is 0 Å². The molecular weight excluding hydrogens is 381 g/mol. The van der Waals surface area contributed by atoms with Crippen LogP contribution < -0.4 is 10.2 Å². The topological polar surface area (TPSA) is 61.4 Å². The Morgan fingerprint density at radius 2 is 1.87 bits per heavy atom. The molecule has 0 bridgehead atoms. The van der Waals surface area contributed by atoms with Crippen molar-refractivity contribution >= 4 is 11.7 Å². The summed E-state index contributed by atoms with van der Waals surface area (Å²) in [6.45, 7) is 9.77.